The van der Waals surface area contributed by atoms with Gasteiger partial charge in [-0.3, -0.25) is 9.78 Å². The third kappa shape index (κ3) is 5.64. The molecule has 6 heterocycles. The Kier molecular flexibility index (Phi) is 7.87. The van der Waals surface area contributed by atoms with Gasteiger partial charge in [0.2, 0.25) is 0 Å². The Labute approximate surface area is 302 Å². The highest BCUT2D eigenvalue weighted by molar-refractivity contribution is 7.23. The number of benzene rings is 2. The molecule has 0 saturated carbocycles. The van der Waals surface area contributed by atoms with E-state index in [1.165, 1.54) is 23.5 Å². The molecule has 53 heavy (non-hydrogen) atoms. The van der Waals surface area contributed by atoms with E-state index in [0.717, 1.165) is 34.9 Å². The monoisotopic (exact) mass is 742 g/mol. The van der Waals surface area contributed by atoms with Crippen LogP contribution in [0.5, 0.6) is 5.75 Å². The van der Waals surface area contributed by atoms with Gasteiger partial charge in [-0.25, -0.2) is 19.3 Å². The number of H-pyrrole nitrogens is 1. The number of aryl methyl sites for hydroxylation is 2. The van der Waals surface area contributed by atoms with Gasteiger partial charge in [-0.05, 0) is 90.9 Å². The third-order valence-electron chi connectivity index (χ3n) is 10.4. The third-order valence-corrected chi connectivity index (χ3v) is 11.5. The lowest BCUT2D eigenvalue weighted by Crippen LogP contribution is -2.22. The minimum Gasteiger partial charge on any atom is -0.496 e. The topological polar surface area (TPSA) is 126 Å². The van der Waals surface area contributed by atoms with Gasteiger partial charge in [0, 0.05) is 17.0 Å². The minimum absolute atomic E-state index is 0.0637. The zero-order chi connectivity index (χ0) is 36.6. The first kappa shape index (κ1) is 33.3. The van der Waals surface area contributed by atoms with Crippen LogP contribution in [0.4, 0.5) is 23.4 Å². The Morgan fingerprint density at radius 2 is 1.87 bits per heavy atom. The quantitative estimate of drug-likeness (QED) is 0.150. The lowest BCUT2D eigenvalue weighted by atomic mass is 9.93. The van der Waals surface area contributed by atoms with Crippen molar-refractivity contribution >= 4 is 33.1 Å². The first-order valence-electron chi connectivity index (χ1n) is 17.2. The maximum Gasteiger partial charge on any atom is 0.434 e. The Morgan fingerprint density at radius 1 is 1.04 bits per heavy atom. The van der Waals surface area contributed by atoms with Gasteiger partial charge in [0.05, 0.1) is 46.4 Å². The predicted octanol–water partition coefficient (Wildman–Crippen LogP) is 8.04. The van der Waals surface area contributed by atoms with Gasteiger partial charge >= 0.3 is 11.9 Å². The average molecular weight is 743 g/mol. The molecule has 270 valence electrons. The van der Waals surface area contributed by atoms with Crippen molar-refractivity contribution in [2.75, 3.05) is 19.0 Å². The van der Waals surface area contributed by atoms with Crippen LogP contribution in [-0.4, -0.2) is 44.6 Å². The summed E-state index contributed by atoms with van der Waals surface area (Å²) >= 11 is 1.19. The maximum absolute atomic E-state index is 14.4. The fraction of sp³-hybridized carbons (Fsp3) is 0.289. The number of amides is 1. The van der Waals surface area contributed by atoms with Gasteiger partial charge in [0.1, 0.15) is 23.1 Å². The predicted molar refractivity (Wildman–Crippen MR) is 188 cm³/mol. The molecule has 2 aliphatic heterocycles. The summed E-state index contributed by atoms with van der Waals surface area (Å²) in [7, 11) is 1.59. The zero-order valence-electron chi connectivity index (χ0n) is 28.1. The van der Waals surface area contributed by atoms with Crippen LogP contribution in [0.1, 0.15) is 75.5 Å². The minimum atomic E-state index is -4.74. The van der Waals surface area contributed by atoms with Crippen LogP contribution >= 0.6 is 11.3 Å². The standard InChI is InChI=1S/C38H30F4N6O4S/c1-51-26-6-2-4-21-22(26)12-14-23(21)44-34-33-19(17-28(45-34)38(40,41)42)16-27(53-33)30-29(35-46-47-37(50)52-35)24(13-9-18-7-10-20(39)11-8-18)43-32-25-5-3-15-48(25)36(49)31(30)32/h2,4,6-8,10-11,16-17,23,25H,3,5,9,12-15H2,1H3,(H,44,45)(H,47,50)/t23-,25+/m0/s1. The number of pyridine rings is 2. The maximum atomic E-state index is 14.4. The van der Waals surface area contributed by atoms with Gasteiger partial charge in [-0.1, -0.05) is 24.3 Å². The van der Waals surface area contributed by atoms with Crippen LogP contribution in [0.2, 0.25) is 0 Å². The van der Waals surface area contributed by atoms with Crippen molar-refractivity contribution in [3.8, 4) is 27.6 Å². The van der Waals surface area contributed by atoms with E-state index >= 15 is 0 Å². The number of alkyl halides is 3. The number of fused-ring (bicyclic) bond motifs is 5. The van der Waals surface area contributed by atoms with E-state index in [9.17, 15) is 27.2 Å². The highest BCUT2D eigenvalue weighted by Crippen LogP contribution is 2.51. The molecule has 2 atom stereocenters. The van der Waals surface area contributed by atoms with Gasteiger partial charge in [-0.15, -0.1) is 16.4 Å². The molecule has 1 saturated heterocycles. The van der Waals surface area contributed by atoms with Crippen molar-refractivity contribution in [3.05, 3.63) is 110 Å². The van der Waals surface area contributed by atoms with Crippen molar-refractivity contribution in [1.82, 2.24) is 25.1 Å². The Balaban J connectivity index is 1.25. The van der Waals surface area contributed by atoms with Crippen molar-refractivity contribution in [2.24, 2.45) is 0 Å². The van der Waals surface area contributed by atoms with E-state index in [2.05, 4.69) is 20.5 Å². The van der Waals surface area contributed by atoms with Crippen molar-refractivity contribution in [2.45, 2.75) is 56.8 Å². The molecule has 2 aromatic carbocycles. The number of hydrogen-bond donors (Lipinski definition) is 2. The second-order valence-electron chi connectivity index (χ2n) is 13.4. The molecule has 10 nitrogen and oxygen atoms in total. The summed E-state index contributed by atoms with van der Waals surface area (Å²) in [6, 6.07) is 13.8. The van der Waals surface area contributed by atoms with Crippen LogP contribution < -0.4 is 15.8 Å². The number of methoxy groups -OCH3 is 1. The first-order chi connectivity index (χ1) is 25.6. The number of carbonyl (C=O) groups is 1. The van der Waals surface area contributed by atoms with E-state index < -0.39 is 17.6 Å². The molecule has 3 aliphatic rings. The number of rotatable bonds is 8. The molecule has 0 unspecified atom stereocenters. The highest BCUT2D eigenvalue weighted by atomic mass is 32.1. The summed E-state index contributed by atoms with van der Waals surface area (Å²) in [5.74, 6) is -0.765. The second kappa shape index (κ2) is 12.5. The molecule has 1 fully saturated rings. The molecular weight excluding hydrogens is 713 g/mol. The molecule has 6 aromatic rings. The lowest BCUT2D eigenvalue weighted by Gasteiger charge is -2.17. The number of halogens is 4. The van der Waals surface area contributed by atoms with Crippen LogP contribution in [0.3, 0.4) is 0 Å². The molecule has 1 amide bonds. The summed E-state index contributed by atoms with van der Waals surface area (Å²) in [6.07, 6.45) is -1.20. The zero-order valence-corrected chi connectivity index (χ0v) is 29.0. The fourth-order valence-electron chi connectivity index (χ4n) is 8.00. The normalized spacial score (nSPS) is 17.8. The molecule has 4 aromatic heterocycles. The second-order valence-corrected chi connectivity index (χ2v) is 14.5. The summed E-state index contributed by atoms with van der Waals surface area (Å²) in [4.78, 5) is 37.9. The van der Waals surface area contributed by atoms with Crippen LogP contribution in [0, 0.1) is 5.82 Å². The van der Waals surface area contributed by atoms with Crippen LogP contribution in [0.15, 0.2) is 63.8 Å². The first-order valence-corrected chi connectivity index (χ1v) is 18.0. The van der Waals surface area contributed by atoms with Crippen molar-refractivity contribution < 1.29 is 31.5 Å². The molecule has 9 rings (SSSR count). The van der Waals surface area contributed by atoms with E-state index in [0.29, 0.717) is 76.3 Å². The number of hydrogen-bond acceptors (Lipinski definition) is 9. The van der Waals surface area contributed by atoms with E-state index in [1.54, 1.807) is 30.2 Å². The molecular formula is C38H30F4N6O4S. The molecule has 15 heteroatoms. The summed E-state index contributed by atoms with van der Waals surface area (Å²) in [6.45, 7) is 0.532. The summed E-state index contributed by atoms with van der Waals surface area (Å²) < 4.78 is 68.4. The Hall–Kier alpha value is -5.57. The SMILES string of the molecule is COc1cccc2c1CC[C@@H]2Nc1nc(C(F)(F)F)cc2cc(-c3c4c(nc(CCc5ccc(F)cc5)c3-c3n[nH]c(=O)o3)[C@H]3CCCN3C4=O)sc12. The Bertz CT molecular complexity index is 2490. The van der Waals surface area contributed by atoms with Crippen LogP contribution in [0.25, 0.3) is 32.0 Å². The van der Waals surface area contributed by atoms with Gasteiger partial charge < -0.3 is 19.4 Å². The van der Waals surface area contributed by atoms with E-state index in [1.807, 2.05) is 18.2 Å². The molecule has 2 N–H and O–H groups in total. The largest absolute Gasteiger partial charge is 0.496 e. The van der Waals surface area contributed by atoms with Crippen molar-refractivity contribution in [3.63, 3.8) is 0 Å². The lowest BCUT2D eigenvalue weighted by molar-refractivity contribution is -0.141. The molecule has 0 radical (unpaired) electrons. The number of anilines is 1. The number of nitrogens with zero attached hydrogens (tertiary/aromatic N) is 4. The van der Waals surface area contributed by atoms with Gasteiger partial charge in [-0.2, -0.15) is 13.2 Å². The fourth-order valence-corrected chi connectivity index (χ4v) is 9.15. The number of aromatic amines is 1. The smallest absolute Gasteiger partial charge is 0.434 e. The highest BCUT2D eigenvalue weighted by Gasteiger charge is 2.45. The van der Waals surface area contributed by atoms with Crippen LogP contribution in [-0.2, 0) is 25.4 Å². The van der Waals surface area contributed by atoms with Gasteiger partial charge in [0.25, 0.3) is 11.8 Å². The molecule has 0 bridgehead atoms. The number of ether oxygens (including phenoxy) is 1. The summed E-state index contributed by atoms with van der Waals surface area (Å²) in [5, 5.41) is 10.0. The number of nitrogens with one attached hydrogen (secondary N) is 2. The average Bonchev–Trinajstić information content (AvgIpc) is 3.98. The molecule has 1 aliphatic carbocycles. The van der Waals surface area contributed by atoms with E-state index in [4.69, 9.17) is 14.1 Å². The number of thiophene rings is 1. The van der Waals surface area contributed by atoms with Crippen molar-refractivity contribution in [1.29, 1.82) is 0 Å². The number of carbonyl (C=O) groups excluding carboxylic acids is 1. The Morgan fingerprint density at radius 3 is 2.62 bits per heavy atom. The van der Waals surface area contributed by atoms with Gasteiger partial charge in [0.15, 0.2) is 0 Å². The number of aromatic nitrogens is 4. The molecule has 0 spiro atoms. The van der Waals surface area contributed by atoms with E-state index in [-0.39, 0.29) is 40.9 Å². The summed E-state index contributed by atoms with van der Waals surface area (Å²) in [5.41, 5.74) is 3.73.